The van der Waals surface area contributed by atoms with Crippen LogP contribution in [0, 0.1) is 0 Å². The second-order valence-corrected chi connectivity index (χ2v) is 2.25. The Labute approximate surface area is 70.2 Å². The molecule has 0 radical (unpaired) electrons. The van der Waals surface area contributed by atoms with E-state index >= 15 is 0 Å². The first kappa shape index (κ1) is 10.5. The molecule has 0 aliphatic carbocycles. The van der Waals surface area contributed by atoms with Gasteiger partial charge in [-0.2, -0.15) is 4.40 Å². The summed E-state index contributed by atoms with van der Waals surface area (Å²) in [7, 11) is 1.38. The summed E-state index contributed by atoms with van der Waals surface area (Å²) in [5.74, 6) is 0. The van der Waals surface area contributed by atoms with Gasteiger partial charge >= 0.3 is 0 Å². The summed E-state index contributed by atoms with van der Waals surface area (Å²) in [6.45, 7) is 3.40. The number of rotatable bonds is 4. The van der Waals surface area contributed by atoms with E-state index in [1.807, 2.05) is 0 Å². The highest BCUT2D eigenvalue weighted by atomic mass is 32.2. The number of allylic oxidation sites excluding steroid dienone is 1. The Bertz CT molecular complexity index is 167. The molecular weight excluding hydrogens is 166 g/mol. The lowest BCUT2D eigenvalue weighted by molar-refractivity contribution is -0.275. The Morgan fingerprint density at radius 3 is 2.64 bits per heavy atom. The summed E-state index contributed by atoms with van der Waals surface area (Å²) < 4.78 is 8.20. The molecule has 64 valence electrons. The highest BCUT2D eigenvalue weighted by molar-refractivity contribution is 7.93. The van der Waals surface area contributed by atoms with Crippen molar-refractivity contribution in [1.29, 1.82) is 0 Å². The second kappa shape index (κ2) is 6.21. The van der Waals surface area contributed by atoms with E-state index in [1.165, 1.54) is 7.11 Å². The fraction of sp³-hybridized carbons (Fsp3) is 0.500. The lowest BCUT2D eigenvalue weighted by Crippen LogP contribution is -1.98. The van der Waals surface area contributed by atoms with Crippen LogP contribution in [0.15, 0.2) is 16.2 Å². The minimum Gasteiger partial charge on any atom is -0.878 e. The van der Waals surface area contributed by atoms with Crippen LogP contribution in [-0.2, 0) is 9.22 Å². The lowest BCUT2D eigenvalue weighted by atomic mass is 10.2. The molecule has 0 atom stereocenters. The first-order valence-electron chi connectivity index (χ1n) is 2.92. The van der Waals surface area contributed by atoms with Crippen molar-refractivity contribution in [2.75, 3.05) is 7.11 Å². The van der Waals surface area contributed by atoms with Gasteiger partial charge in [-0.05, 0) is 19.4 Å². The zero-order valence-corrected chi connectivity index (χ0v) is 7.47. The quantitative estimate of drug-likeness (QED) is 0.121. The molecule has 0 amide bonds. The van der Waals surface area contributed by atoms with Crippen molar-refractivity contribution in [2.24, 2.45) is 4.40 Å². The molecule has 0 N–H and O–H groups in total. The minimum absolute atomic E-state index is 0.581. The van der Waals surface area contributed by atoms with Gasteiger partial charge in [0.25, 0.3) is 0 Å². The predicted octanol–water partition coefficient (Wildman–Crippen LogP) is 0.853. The number of hydrogen-bond acceptors (Lipinski definition) is 5. The fourth-order valence-corrected chi connectivity index (χ4v) is 0.606. The lowest BCUT2D eigenvalue weighted by Gasteiger charge is -2.00. The third-order valence-electron chi connectivity index (χ3n) is 1.02. The second-order valence-electron chi connectivity index (χ2n) is 1.79. The maximum atomic E-state index is 10.2. The molecule has 0 spiro atoms. The van der Waals surface area contributed by atoms with Gasteiger partial charge in [0, 0.05) is 5.71 Å². The monoisotopic (exact) mass is 176 g/mol. The van der Waals surface area contributed by atoms with Gasteiger partial charge in [0.1, 0.15) is 0 Å². The zero-order valence-electron chi connectivity index (χ0n) is 6.66. The van der Waals surface area contributed by atoms with Crippen LogP contribution in [0.3, 0.4) is 0 Å². The molecule has 0 rings (SSSR count). The van der Waals surface area contributed by atoms with Gasteiger partial charge in [0.05, 0.1) is 7.11 Å². The van der Waals surface area contributed by atoms with Crippen LogP contribution < -0.4 is 5.11 Å². The third-order valence-corrected chi connectivity index (χ3v) is 1.57. The van der Waals surface area contributed by atoms with Crippen LogP contribution in [-0.4, -0.2) is 12.8 Å². The normalized spacial score (nSPS) is 13.7. The van der Waals surface area contributed by atoms with E-state index in [1.54, 1.807) is 13.8 Å². The van der Waals surface area contributed by atoms with Gasteiger partial charge in [-0.3, -0.25) is 0 Å². The summed E-state index contributed by atoms with van der Waals surface area (Å²) in [5, 5.41) is 10.2. The van der Waals surface area contributed by atoms with E-state index in [0.29, 0.717) is 11.3 Å². The zero-order chi connectivity index (χ0) is 8.69. The molecule has 0 heterocycles. The molecule has 0 aromatic carbocycles. The van der Waals surface area contributed by atoms with Crippen LogP contribution in [0.2, 0.25) is 0 Å². The Balaban J connectivity index is 3.81. The molecule has 0 aliphatic heterocycles. The topological polar surface area (TPSA) is 53.9 Å². The van der Waals surface area contributed by atoms with Gasteiger partial charge in [0.2, 0.25) is 0 Å². The first-order valence-corrected chi connectivity index (χ1v) is 3.62. The van der Waals surface area contributed by atoms with Crippen LogP contribution >= 0.6 is 12.2 Å². The fourth-order valence-electron chi connectivity index (χ4n) is 0.259. The summed E-state index contributed by atoms with van der Waals surface area (Å²) >= 11 is 0.791. The van der Waals surface area contributed by atoms with Crippen molar-refractivity contribution in [1.82, 2.24) is 0 Å². The van der Waals surface area contributed by atoms with E-state index < -0.39 is 0 Å². The van der Waals surface area contributed by atoms with Crippen molar-refractivity contribution in [2.45, 2.75) is 13.8 Å². The molecule has 0 saturated carbocycles. The molecule has 0 aliphatic rings. The molecule has 0 bridgehead atoms. The van der Waals surface area contributed by atoms with Gasteiger partial charge in [-0.1, -0.05) is 0 Å². The average Bonchev–Trinajstić information content (AvgIpc) is 2.03. The Morgan fingerprint density at radius 2 is 2.18 bits per heavy atom. The van der Waals surface area contributed by atoms with Crippen LogP contribution in [0.25, 0.3) is 0 Å². The molecule has 0 unspecified atom stereocenters. The third kappa shape index (κ3) is 4.83. The van der Waals surface area contributed by atoms with Crippen molar-refractivity contribution in [3.8, 4) is 0 Å². The standard InChI is InChI=1S/C6H11NO3S/c1-5(4-8)6(2)7-11-10-9-3/h4,8H,1-3H3/p-1/b5-4+,7-6-. The minimum atomic E-state index is 0.581. The first-order chi connectivity index (χ1) is 5.22. The predicted molar refractivity (Wildman–Crippen MR) is 42.6 cm³/mol. The molecule has 5 heteroatoms. The number of nitrogens with zero attached hydrogens (tertiary/aromatic N) is 1. The van der Waals surface area contributed by atoms with E-state index in [4.69, 9.17) is 0 Å². The van der Waals surface area contributed by atoms with Crippen LogP contribution in [0.1, 0.15) is 13.8 Å². The van der Waals surface area contributed by atoms with Crippen molar-refractivity contribution < 1.29 is 14.3 Å². The molecule has 4 nitrogen and oxygen atoms in total. The van der Waals surface area contributed by atoms with E-state index in [0.717, 1.165) is 18.5 Å². The van der Waals surface area contributed by atoms with E-state index in [9.17, 15) is 5.11 Å². The summed E-state index contributed by atoms with van der Waals surface area (Å²) in [5.41, 5.74) is 1.21. The SMILES string of the molecule is COOS/N=C(C)\C(C)=C\[O-]. The molecule has 0 fully saturated rings. The average molecular weight is 176 g/mol. The number of hydrogen-bond donors (Lipinski definition) is 0. The molecule has 0 saturated heterocycles. The maximum Gasteiger partial charge on any atom is 0.173 e. The Morgan fingerprint density at radius 1 is 1.55 bits per heavy atom. The highest BCUT2D eigenvalue weighted by Crippen LogP contribution is 2.07. The molecule has 11 heavy (non-hydrogen) atoms. The smallest absolute Gasteiger partial charge is 0.173 e. The molecular formula is C6H10NO3S-. The van der Waals surface area contributed by atoms with E-state index in [-0.39, 0.29) is 0 Å². The maximum absolute atomic E-state index is 10.2. The van der Waals surface area contributed by atoms with Crippen LogP contribution in [0.4, 0.5) is 0 Å². The van der Waals surface area contributed by atoms with Crippen molar-refractivity contribution in [3.05, 3.63) is 11.8 Å². The van der Waals surface area contributed by atoms with Crippen molar-refractivity contribution in [3.63, 3.8) is 0 Å². The van der Waals surface area contributed by atoms with Gasteiger partial charge in [0.15, 0.2) is 12.2 Å². The van der Waals surface area contributed by atoms with Crippen LogP contribution in [0.5, 0.6) is 0 Å². The summed E-state index contributed by atoms with van der Waals surface area (Å²) in [4.78, 5) is 4.26. The van der Waals surface area contributed by atoms with Gasteiger partial charge < -0.3 is 5.11 Å². The highest BCUT2D eigenvalue weighted by Gasteiger charge is 1.91. The molecule has 0 aromatic rings. The van der Waals surface area contributed by atoms with Gasteiger partial charge in [-0.15, -0.1) is 10.6 Å². The largest absolute Gasteiger partial charge is 0.878 e. The summed E-state index contributed by atoms with van der Waals surface area (Å²) in [6.07, 6.45) is 0.742. The van der Waals surface area contributed by atoms with Crippen molar-refractivity contribution >= 4 is 17.9 Å². The van der Waals surface area contributed by atoms with E-state index in [2.05, 4.69) is 13.6 Å². The van der Waals surface area contributed by atoms with Gasteiger partial charge in [-0.25, -0.2) is 4.89 Å². The summed E-state index contributed by atoms with van der Waals surface area (Å²) in [6, 6.07) is 0. The Hall–Kier alpha value is -0.520. The molecule has 0 aromatic heterocycles. The Kier molecular flexibility index (Phi) is 5.91.